The highest BCUT2D eigenvalue weighted by atomic mass is 32.1. The molecule has 0 aliphatic carbocycles. The van der Waals surface area contributed by atoms with Crippen molar-refractivity contribution in [1.82, 2.24) is 0 Å². The second-order valence-corrected chi connectivity index (χ2v) is 4.92. The Morgan fingerprint density at radius 3 is 2.58 bits per heavy atom. The van der Waals surface area contributed by atoms with Crippen molar-refractivity contribution in [2.45, 2.75) is 18.7 Å². The molecule has 3 N–H and O–H groups in total. The SMILES string of the molecule is NC(=S)c1cc(C(F)(F)F)ccc1N1CCC(O)C1. The molecule has 19 heavy (non-hydrogen) atoms. The van der Waals surface area contributed by atoms with Gasteiger partial charge in [-0.15, -0.1) is 0 Å². The van der Waals surface area contributed by atoms with E-state index in [0.717, 1.165) is 12.1 Å². The molecule has 1 aromatic rings. The second kappa shape index (κ2) is 4.97. The summed E-state index contributed by atoms with van der Waals surface area (Å²) in [7, 11) is 0. The van der Waals surface area contributed by atoms with E-state index in [1.165, 1.54) is 6.07 Å². The van der Waals surface area contributed by atoms with E-state index in [0.29, 0.717) is 25.2 Å². The van der Waals surface area contributed by atoms with Gasteiger partial charge in [-0.25, -0.2) is 0 Å². The number of hydrogen-bond donors (Lipinski definition) is 2. The molecule has 1 saturated heterocycles. The normalized spacial score (nSPS) is 19.8. The first-order chi connectivity index (χ1) is 8.79. The molecule has 3 nitrogen and oxygen atoms in total. The topological polar surface area (TPSA) is 49.5 Å². The highest BCUT2D eigenvalue weighted by molar-refractivity contribution is 7.80. The van der Waals surface area contributed by atoms with Crippen LogP contribution in [0.2, 0.25) is 0 Å². The van der Waals surface area contributed by atoms with E-state index in [-0.39, 0.29) is 10.6 Å². The van der Waals surface area contributed by atoms with Gasteiger partial charge < -0.3 is 15.7 Å². The van der Waals surface area contributed by atoms with E-state index in [1.807, 2.05) is 0 Å². The number of halogens is 3. The lowest BCUT2D eigenvalue weighted by molar-refractivity contribution is -0.137. The molecular weight excluding hydrogens is 277 g/mol. The summed E-state index contributed by atoms with van der Waals surface area (Å²) in [6.45, 7) is 0.948. The van der Waals surface area contributed by atoms with Gasteiger partial charge in [-0.05, 0) is 24.6 Å². The summed E-state index contributed by atoms with van der Waals surface area (Å²) in [5.41, 5.74) is 5.46. The molecule has 1 aromatic carbocycles. The number of β-amino-alcohol motifs (C(OH)–C–C–N with tert-alkyl or cyclic N) is 1. The predicted molar refractivity (Wildman–Crippen MR) is 70.2 cm³/mol. The van der Waals surface area contributed by atoms with Gasteiger partial charge in [-0.1, -0.05) is 12.2 Å². The van der Waals surface area contributed by atoms with Crippen LogP contribution in [0.4, 0.5) is 18.9 Å². The van der Waals surface area contributed by atoms with Crippen molar-refractivity contribution in [3.63, 3.8) is 0 Å². The zero-order valence-electron chi connectivity index (χ0n) is 9.94. The molecule has 7 heteroatoms. The van der Waals surface area contributed by atoms with Crippen LogP contribution in [-0.4, -0.2) is 29.3 Å². The van der Waals surface area contributed by atoms with Crippen molar-refractivity contribution >= 4 is 22.9 Å². The quantitative estimate of drug-likeness (QED) is 0.817. The van der Waals surface area contributed by atoms with E-state index in [4.69, 9.17) is 18.0 Å². The van der Waals surface area contributed by atoms with Crippen LogP contribution < -0.4 is 10.6 Å². The third-order valence-electron chi connectivity index (χ3n) is 3.09. The highest BCUT2D eigenvalue weighted by Crippen LogP contribution is 2.33. The predicted octanol–water partition coefficient (Wildman–Crippen LogP) is 1.91. The molecule has 1 fully saturated rings. The molecule has 0 spiro atoms. The fourth-order valence-corrected chi connectivity index (χ4v) is 2.31. The van der Waals surface area contributed by atoms with Crippen molar-refractivity contribution in [2.75, 3.05) is 18.0 Å². The Morgan fingerprint density at radius 1 is 1.42 bits per heavy atom. The van der Waals surface area contributed by atoms with Crippen LogP contribution in [0.5, 0.6) is 0 Å². The average molecular weight is 290 g/mol. The minimum absolute atomic E-state index is 0.0810. The Labute approximate surface area is 113 Å². The number of rotatable bonds is 2. The van der Waals surface area contributed by atoms with Crippen molar-refractivity contribution in [1.29, 1.82) is 0 Å². The Morgan fingerprint density at radius 2 is 2.11 bits per heavy atom. The lowest BCUT2D eigenvalue weighted by Gasteiger charge is -2.22. The molecule has 2 rings (SSSR count). The van der Waals surface area contributed by atoms with Crippen LogP contribution in [0.3, 0.4) is 0 Å². The van der Waals surface area contributed by atoms with Crippen LogP contribution >= 0.6 is 12.2 Å². The van der Waals surface area contributed by atoms with E-state index < -0.39 is 17.8 Å². The van der Waals surface area contributed by atoms with Crippen LogP contribution in [-0.2, 0) is 6.18 Å². The monoisotopic (exact) mass is 290 g/mol. The van der Waals surface area contributed by atoms with Crippen molar-refractivity contribution in [3.8, 4) is 0 Å². The van der Waals surface area contributed by atoms with Gasteiger partial charge >= 0.3 is 6.18 Å². The molecule has 0 bridgehead atoms. The fourth-order valence-electron chi connectivity index (χ4n) is 2.15. The summed E-state index contributed by atoms with van der Waals surface area (Å²) in [5.74, 6) is 0. The van der Waals surface area contributed by atoms with Crippen LogP contribution in [0.25, 0.3) is 0 Å². The Kier molecular flexibility index (Phi) is 3.69. The van der Waals surface area contributed by atoms with E-state index >= 15 is 0 Å². The van der Waals surface area contributed by atoms with Crippen LogP contribution in [0.15, 0.2) is 18.2 Å². The maximum Gasteiger partial charge on any atom is 0.416 e. The number of thiocarbonyl (C=S) groups is 1. The molecular formula is C12H13F3N2OS. The van der Waals surface area contributed by atoms with Gasteiger partial charge in [0, 0.05) is 24.3 Å². The molecule has 104 valence electrons. The fraction of sp³-hybridized carbons (Fsp3) is 0.417. The summed E-state index contributed by atoms with van der Waals surface area (Å²) in [6, 6.07) is 3.32. The minimum Gasteiger partial charge on any atom is -0.391 e. The number of benzene rings is 1. The summed E-state index contributed by atoms with van der Waals surface area (Å²) >= 11 is 4.82. The third kappa shape index (κ3) is 2.98. The van der Waals surface area contributed by atoms with Crippen molar-refractivity contribution in [2.24, 2.45) is 5.73 Å². The lowest BCUT2D eigenvalue weighted by atomic mass is 10.1. The molecule has 1 aliphatic heterocycles. The number of aliphatic hydroxyl groups excluding tert-OH is 1. The van der Waals surface area contributed by atoms with Crippen LogP contribution in [0, 0.1) is 0 Å². The smallest absolute Gasteiger partial charge is 0.391 e. The zero-order valence-corrected chi connectivity index (χ0v) is 10.8. The number of hydrogen-bond acceptors (Lipinski definition) is 3. The number of nitrogens with two attached hydrogens (primary N) is 1. The molecule has 0 radical (unpaired) electrons. The van der Waals surface area contributed by atoms with Gasteiger partial charge in [0.1, 0.15) is 4.99 Å². The van der Waals surface area contributed by atoms with E-state index in [9.17, 15) is 18.3 Å². The summed E-state index contributed by atoms with van der Waals surface area (Å²) in [6.07, 6.45) is -4.32. The summed E-state index contributed by atoms with van der Waals surface area (Å²) in [5, 5.41) is 9.49. The molecule has 1 unspecified atom stereocenters. The van der Waals surface area contributed by atoms with Crippen molar-refractivity contribution < 1.29 is 18.3 Å². The first-order valence-electron chi connectivity index (χ1n) is 5.73. The molecule has 0 aromatic heterocycles. The minimum atomic E-state index is -4.43. The van der Waals surface area contributed by atoms with E-state index in [1.54, 1.807) is 4.90 Å². The standard InChI is InChI=1S/C12H13F3N2OS/c13-12(14,15)7-1-2-10(9(5-7)11(16)19)17-4-3-8(18)6-17/h1-2,5,8,18H,3-4,6H2,(H2,16,19). The molecule has 0 saturated carbocycles. The second-order valence-electron chi connectivity index (χ2n) is 4.48. The number of anilines is 1. The first-order valence-corrected chi connectivity index (χ1v) is 6.14. The Bertz CT molecular complexity index is 504. The Hall–Kier alpha value is -1.34. The maximum atomic E-state index is 12.7. The van der Waals surface area contributed by atoms with Crippen LogP contribution in [0.1, 0.15) is 17.5 Å². The van der Waals surface area contributed by atoms with Gasteiger partial charge in [-0.2, -0.15) is 13.2 Å². The van der Waals surface area contributed by atoms with E-state index in [2.05, 4.69) is 0 Å². The van der Waals surface area contributed by atoms with Gasteiger partial charge in [0.2, 0.25) is 0 Å². The third-order valence-corrected chi connectivity index (χ3v) is 3.31. The molecule has 1 aliphatic rings. The number of aliphatic hydroxyl groups is 1. The number of nitrogens with zero attached hydrogens (tertiary/aromatic N) is 1. The van der Waals surface area contributed by atoms with Crippen molar-refractivity contribution in [3.05, 3.63) is 29.3 Å². The maximum absolute atomic E-state index is 12.7. The summed E-state index contributed by atoms with van der Waals surface area (Å²) < 4.78 is 38.0. The molecule has 1 atom stereocenters. The van der Waals surface area contributed by atoms with Gasteiger partial charge in [-0.3, -0.25) is 0 Å². The molecule has 1 heterocycles. The van der Waals surface area contributed by atoms with Gasteiger partial charge in [0.25, 0.3) is 0 Å². The first kappa shape index (κ1) is 14.1. The average Bonchev–Trinajstić information content (AvgIpc) is 2.73. The largest absolute Gasteiger partial charge is 0.416 e. The zero-order chi connectivity index (χ0) is 14.2. The highest BCUT2D eigenvalue weighted by Gasteiger charge is 2.32. The lowest BCUT2D eigenvalue weighted by Crippen LogP contribution is -2.25. The number of alkyl halides is 3. The Balaban J connectivity index is 2.42. The van der Waals surface area contributed by atoms with Gasteiger partial charge in [0.05, 0.1) is 11.7 Å². The summed E-state index contributed by atoms with van der Waals surface area (Å²) in [4.78, 5) is 1.71. The molecule has 0 amide bonds. The van der Waals surface area contributed by atoms with Gasteiger partial charge in [0.15, 0.2) is 0 Å².